The summed E-state index contributed by atoms with van der Waals surface area (Å²) in [5.41, 5.74) is 0. The summed E-state index contributed by atoms with van der Waals surface area (Å²) in [5.74, 6) is 0.886. The molecule has 1 aromatic carbocycles. The number of ether oxygens (including phenoxy) is 2. The first-order valence-corrected chi connectivity index (χ1v) is 8.90. The average Bonchev–Trinajstić information content (AvgIpc) is 2.44. The Hall–Kier alpha value is -1.80. The molecule has 1 heterocycles. The van der Waals surface area contributed by atoms with E-state index in [1.165, 1.54) is 0 Å². The van der Waals surface area contributed by atoms with Crippen LogP contribution in [-0.2, 0) is 14.8 Å². The van der Waals surface area contributed by atoms with Gasteiger partial charge < -0.3 is 14.8 Å². The molecule has 0 fully saturated rings. The molecule has 0 saturated heterocycles. The lowest BCUT2D eigenvalue weighted by Crippen LogP contribution is -2.49. The first-order valence-electron chi connectivity index (χ1n) is 7.01. The minimum absolute atomic E-state index is 0.277. The zero-order valence-corrected chi connectivity index (χ0v) is 13.4. The van der Waals surface area contributed by atoms with E-state index < -0.39 is 22.2 Å². The monoisotopic (exact) mass is 328 g/mol. The van der Waals surface area contributed by atoms with E-state index in [1.54, 1.807) is 19.1 Å². The van der Waals surface area contributed by atoms with Crippen LogP contribution in [0.2, 0.25) is 0 Å². The third-order valence-electron chi connectivity index (χ3n) is 3.12. The largest absolute Gasteiger partial charge is 0.482 e. The van der Waals surface area contributed by atoms with Gasteiger partial charge in [-0.3, -0.25) is 4.79 Å². The molecule has 122 valence electrons. The zero-order valence-electron chi connectivity index (χ0n) is 12.5. The third-order valence-corrected chi connectivity index (χ3v) is 3.85. The fourth-order valence-corrected chi connectivity index (χ4v) is 2.58. The number of nitrogens with one attached hydrogen (secondary N) is 2. The number of para-hydroxylation sites is 2. The van der Waals surface area contributed by atoms with Gasteiger partial charge in [0.25, 0.3) is 5.91 Å². The summed E-state index contributed by atoms with van der Waals surface area (Å²) in [6.45, 7) is 2.40. The summed E-state index contributed by atoms with van der Waals surface area (Å²) in [4.78, 5) is 12.1. The molecule has 1 aliphatic heterocycles. The van der Waals surface area contributed by atoms with Crippen LogP contribution in [0, 0.1) is 0 Å². The number of carbonyl (C=O) groups excluding carboxylic acids is 1. The van der Waals surface area contributed by atoms with Crippen molar-refractivity contribution in [1.29, 1.82) is 0 Å². The number of hydrogen-bond acceptors (Lipinski definition) is 5. The molecule has 8 heteroatoms. The number of hydrogen-bond donors (Lipinski definition) is 2. The van der Waals surface area contributed by atoms with E-state index in [-0.39, 0.29) is 12.5 Å². The van der Waals surface area contributed by atoms with Crippen LogP contribution in [-0.4, -0.2) is 45.9 Å². The van der Waals surface area contributed by atoms with E-state index in [2.05, 4.69) is 10.0 Å². The van der Waals surface area contributed by atoms with Gasteiger partial charge in [0.1, 0.15) is 6.10 Å². The molecule has 7 nitrogen and oxygen atoms in total. The first-order chi connectivity index (χ1) is 10.4. The van der Waals surface area contributed by atoms with Gasteiger partial charge in [0.2, 0.25) is 16.1 Å². The molecule has 0 aliphatic carbocycles. The molecular formula is C14H20N2O5S. The van der Waals surface area contributed by atoms with Crippen LogP contribution in [0.3, 0.4) is 0 Å². The molecule has 0 spiro atoms. The minimum Gasteiger partial charge on any atom is -0.482 e. The van der Waals surface area contributed by atoms with Crippen molar-refractivity contribution in [1.82, 2.24) is 10.0 Å². The standard InChI is InChI=1S/C14H20N2O5S/c1-10-13(21-12-7-4-3-6-11(12)20-10)14(17)15-8-5-9-16-22(2,18)19/h3-4,6-7,10,13,16H,5,8-9H2,1-2H3,(H,15,17). The maximum absolute atomic E-state index is 12.1. The highest BCUT2D eigenvalue weighted by Gasteiger charge is 2.33. The second-order valence-corrected chi connectivity index (χ2v) is 6.95. The van der Waals surface area contributed by atoms with Gasteiger partial charge in [0.15, 0.2) is 11.5 Å². The minimum atomic E-state index is -3.19. The number of rotatable bonds is 6. The molecule has 0 radical (unpaired) electrons. The van der Waals surface area contributed by atoms with E-state index in [0.29, 0.717) is 24.5 Å². The summed E-state index contributed by atoms with van der Waals surface area (Å²) < 4.78 is 35.5. The van der Waals surface area contributed by atoms with Crippen molar-refractivity contribution in [2.75, 3.05) is 19.3 Å². The van der Waals surface area contributed by atoms with Gasteiger partial charge >= 0.3 is 0 Å². The van der Waals surface area contributed by atoms with Crippen LogP contribution < -0.4 is 19.5 Å². The van der Waals surface area contributed by atoms with Crippen molar-refractivity contribution >= 4 is 15.9 Å². The van der Waals surface area contributed by atoms with Crippen molar-refractivity contribution in [2.45, 2.75) is 25.6 Å². The number of fused-ring (bicyclic) bond motifs is 1. The number of carbonyl (C=O) groups is 1. The third kappa shape index (κ3) is 4.60. The van der Waals surface area contributed by atoms with Crippen molar-refractivity contribution in [3.63, 3.8) is 0 Å². The number of benzene rings is 1. The average molecular weight is 328 g/mol. The van der Waals surface area contributed by atoms with Gasteiger partial charge in [-0.15, -0.1) is 0 Å². The van der Waals surface area contributed by atoms with Crippen LogP contribution in [0.5, 0.6) is 11.5 Å². The fraction of sp³-hybridized carbons (Fsp3) is 0.500. The van der Waals surface area contributed by atoms with Gasteiger partial charge in [-0.1, -0.05) is 12.1 Å². The van der Waals surface area contributed by atoms with Gasteiger partial charge in [-0.05, 0) is 25.5 Å². The van der Waals surface area contributed by atoms with E-state index in [0.717, 1.165) is 6.26 Å². The Morgan fingerprint density at radius 3 is 2.45 bits per heavy atom. The molecule has 0 saturated carbocycles. The molecule has 2 unspecified atom stereocenters. The van der Waals surface area contributed by atoms with E-state index >= 15 is 0 Å². The van der Waals surface area contributed by atoms with Crippen LogP contribution in [0.4, 0.5) is 0 Å². The summed E-state index contributed by atoms with van der Waals surface area (Å²) >= 11 is 0. The summed E-state index contributed by atoms with van der Waals surface area (Å²) in [6, 6.07) is 7.18. The molecule has 2 rings (SSSR count). The smallest absolute Gasteiger partial charge is 0.265 e. The Labute approximate surface area is 130 Å². The van der Waals surface area contributed by atoms with Crippen LogP contribution in [0.1, 0.15) is 13.3 Å². The van der Waals surface area contributed by atoms with Gasteiger partial charge in [0.05, 0.1) is 6.26 Å². The molecule has 1 amide bonds. The van der Waals surface area contributed by atoms with Gasteiger partial charge in [-0.2, -0.15) is 0 Å². The predicted molar refractivity (Wildman–Crippen MR) is 81.4 cm³/mol. The van der Waals surface area contributed by atoms with Crippen molar-refractivity contribution in [2.24, 2.45) is 0 Å². The lowest BCUT2D eigenvalue weighted by molar-refractivity contribution is -0.133. The highest BCUT2D eigenvalue weighted by Crippen LogP contribution is 2.33. The predicted octanol–water partition coefficient (Wildman–Crippen LogP) is 0.270. The van der Waals surface area contributed by atoms with E-state index in [9.17, 15) is 13.2 Å². The molecule has 1 aliphatic rings. The zero-order chi connectivity index (χ0) is 16.2. The highest BCUT2D eigenvalue weighted by atomic mass is 32.2. The molecule has 2 N–H and O–H groups in total. The first kappa shape index (κ1) is 16.6. The Morgan fingerprint density at radius 2 is 1.82 bits per heavy atom. The van der Waals surface area contributed by atoms with Gasteiger partial charge in [-0.25, -0.2) is 13.1 Å². The topological polar surface area (TPSA) is 93.7 Å². The normalized spacial score (nSPS) is 20.5. The molecule has 22 heavy (non-hydrogen) atoms. The van der Waals surface area contributed by atoms with Crippen LogP contribution in [0.15, 0.2) is 24.3 Å². The molecule has 2 atom stereocenters. The fourth-order valence-electron chi connectivity index (χ4n) is 2.06. The van der Waals surface area contributed by atoms with Crippen LogP contribution in [0.25, 0.3) is 0 Å². The lowest BCUT2D eigenvalue weighted by atomic mass is 10.1. The molecule has 0 aromatic heterocycles. The Morgan fingerprint density at radius 1 is 1.18 bits per heavy atom. The quantitative estimate of drug-likeness (QED) is 0.731. The SMILES string of the molecule is CC1Oc2ccccc2OC1C(=O)NCCCNS(C)(=O)=O. The Bertz CT molecular complexity index is 632. The lowest BCUT2D eigenvalue weighted by Gasteiger charge is -2.31. The molecule has 0 bridgehead atoms. The second kappa shape index (κ2) is 6.97. The summed E-state index contributed by atoms with van der Waals surface area (Å²) in [5, 5.41) is 2.72. The molecular weight excluding hydrogens is 308 g/mol. The number of sulfonamides is 1. The maximum atomic E-state index is 12.1. The summed E-state index contributed by atoms with van der Waals surface area (Å²) in [7, 11) is -3.19. The van der Waals surface area contributed by atoms with E-state index in [4.69, 9.17) is 9.47 Å². The van der Waals surface area contributed by atoms with E-state index in [1.807, 2.05) is 12.1 Å². The highest BCUT2D eigenvalue weighted by molar-refractivity contribution is 7.88. The second-order valence-electron chi connectivity index (χ2n) is 5.12. The van der Waals surface area contributed by atoms with Crippen molar-refractivity contribution < 1.29 is 22.7 Å². The Kier molecular flexibility index (Phi) is 5.25. The van der Waals surface area contributed by atoms with Crippen LogP contribution >= 0.6 is 0 Å². The number of amides is 1. The Balaban J connectivity index is 1.81. The van der Waals surface area contributed by atoms with Gasteiger partial charge in [0, 0.05) is 13.1 Å². The molecule has 1 aromatic rings. The van der Waals surface area contributed by atoms with Crippen molar-refractivity contribution in [3.05, 3.63) is 24.3 Å². The van der Waals surface area contributed by atoms with Crippen molar-refractivity contribution in [3.8, 4) is 11.5 Å². The summed E-state index contributed by atoms with van der Waals surface area (Å²) in [6.07, 6.45) is 0.469. The maximum Gasteiger partial charge on any atom is 0.265 e.